The third-order valence-electron chi connectivity index (χ3n) is 7.83. The minimum absolute atomic E-state index is 0.110. The van der Waals surface area contributed by atoms with Crippen molar-refractivity contribution in [3.05, 3.63) is 41.0 Å². The number of ether oxygens (including phenoxy) is 1. The lowest BCUT2D eigenvalue weighted by molar-refractivity contribution is -0.939. The molecule has 2 N–H and O–H groups in total. The molecule has 5 heterocycles. The number of rotatable bonds is 7. The predicted molar refractivity (Wildman–Crippen MR) is 123 cm³/mol. The maximum Gasteiger partial charge on any atom is 0.343 e. The fourth-order valence-corrected chi connectivity index (χ4v) is 6.71. The van der Waals surface area contributed by atoms with Gasteiger partial charge in [-0.25, -0.2) is 9.78 Å². The molecule has 1 amide bonds. The highest BCUT2D eigenvalue weighted by Crippen LogP contribution is 2.43. The normalized spacial score (nSPS) is 28.9. The monoisotopic (exact) mass is 471 g/mol. The number of thiophene rings is 1. The molecule has 9 heteroatoms. The van der Waals surface area contributed by atoms with Crippen LogP contribution in [0.5, 0.6) is 0 Å². The number of carbonyl (C=O) groups excluding carboxylic acids is 2. The molecule has 4 aliphatic rings. The third kappa shape index (κ3) is 4.41. The van der Waals surface area contributed by atoms with Crippen molar-refractivity contribution in [2.75, 3.05) is 31.5 Å². The topological polar surface area (TPSA) is 101 Å². The first-order chi connectivity index (χ1) is 16.0. The highest BCUT2D eigenvalue weighted by Gasteiger charge is 2.53. The molecule has 1 saturated carbocycles. The first kappa shape index (κ1) is 22.4. The third-order valence-corrected chi connectivity index (χ3v) is 8.51. The Labute approximate surface area is 197 Å². The molecule has 1 unspecified atom stereocenters. The lowest BCUT2D eigenvalue weighted by atomic mass is 9.80. The summed E-state index contributed by atoms with van der Waals surface area (Å²) in [7, 11) is 0. The number of aromatic nitrogens is 2. The van der Waals surface area contributed by atoms with E-state index in [0.717, 1.165) is 51.6 Å². The SMILES string of the molecule is O=C(C[N+]12CCC(CC1)[C@@H](OC(=O)C(O)(c1ccsc1)C1CCCC1)C2)Nc1cnccn1. The van der Waals surface area contributed by atoms with Crippen LogP contribution in [0.15, 0.2) is 35.4 Å². The quantitative estimate of drug-likeness (QED) is 0.476. The molecular weight excluding hydrogens is 440 g/mol. The number of fused-ring (bicyclic) bond motifs is 3. The summed E-state index contributed by atoms with van der Waals surface area (Å²) in [6.45, 7) is 2.71. The van der Waals surface area contributed by atoms with Gasteiger partial charge in [0.1, 0.15) is 6.54 Å². The lowest BCUT2D eigenvalue weighted by Gasteiger charge is -2.51. The van der Waals surface area contributed by atoms with E-state index in [1.54, 1.807) is 12.4 Å². The van der Waals surface area contributed by atoms with Gasteiger partial charge in [0, 0.05) is 42.6 Å². The van der Waals surface area contributed by atoms with Crippen molar-refractivity contribution in [3.63, 3.8) is 0 Å². The van der Waals surface area contributed by atoms with E-state index in [0.29, 0.717) is 29.0 Å². The number of carbonyl (C=O) groups is 2. The molecule has 2 bridgehead atoms. The van der Waals surface area contributed by atoms with E-state index in [1.165, 1.54) is 17.5 Å². The number of hydrogen-bond acceptors (Lipinski definition) is 7. The van der Waals surface area contributed by atoms with Gasteiger partial charge in [0.15, 0.2) is 24.1 Å². The largest absolute Gasteiger partial charge is 0.454 e. The van der Waals surface area contributed by atoms with Crippen LogP contribution in [0.25, 0.3) is 0 Å². The fraction of sp³-hybridized carbons (Fsp3) is 0.583. The van der Waals surface area contributed by atoms with Crippen molar-refractivity contribution in [1.29, 1.82) is 0 Å². The fourth-order valence-electron chi connectivity index (χ4n) is 6.00. The van der Waals surface area contributed by atoms with Crippen LogP contribution in [0, 0.1) is 11.8 Å². The summed E-state index contributed by atoms with van der Waals surface area (Å²) in [5, 5.41) is 18.2. The van der Waals surface area contributed by atoms with Crippen LogP contribution in [-0.4, -0.2) is 63.7 Å². The van der Waals surface area contributed by atoms with Gasteiger partial charge in [0.25, 0.3) is 5.91 Å². The first-order valence-corrected chi connectivity index (χ1v) is 12.8. The van der Waals surface area contributed by atoms with Gasteiger partial charge in [-0.2, -0.15) is 11.3 Å². The Hall–Kier alpha value is -2.36. The number of aliphatic hydroxyl groups is 1. The zero-order valence-corrected chi connectivity index (χ0v) is 19.5. The molecule has 33 heavy (non-hydrogen) atoms. The molecule has 2 aromatic heterocycles. The minimum Gasteiger partial charge on any atom is -0.454 e. The van der Waals surface area contributed by atoms with Crippen LogP contribution in [0.2, 0.25) is 0 Å². The molecule has 4 fully saturated rings. The van der Waals surface area contributed by atoms with Gasteiger partial charge in [-0.15, -0.1) is 0 Å². The summed E-state index contributed by atoms with van der Waals surface area (Å²) in [6, 6.07) is 1.84. The molecule has 0 spiro atoms. The molecule has 3 saturated heterocycles. The predicted octanol–water partition coefficient (Wildman–Crippen LogP) is 2.71. The Morgan fingerprint density at radius 1 is 1.21 bits per heavy atom. The highest BCUT2D eigenvalue weighted by atomic mass is 32.1. The molecule has 2 aromatic rings. The lowest BCUT2D eigenvalue weighted by Crippen LogP contribution is -2.66. The molecule has 3 aliphatic heterocycles. The smallest absolute Gasteiger partial charge is 0.343 e. The minimum atomic E-state index is -1.59. The van der Waals surface area contributed by atoms with E-state index in [9.17, 15) is 14.7 Å². The number of piperidine rings is 3. The molecule has 2 atom stereocenters. The zero-order chi connectivity index (χ0) is 22.9. The molecule has 6 rings (SSSR count). The van der Waals surface area contributed by atoms with Crippen LogP contribution in [0.4, 0.5) is 5.82 Å². The van der Waals surface area contributed by atoms with Crippen molar-refractivity contribution in [2.45, 2.75) is 50.2 Å². The van der Waals surface area contributed by atoms with Crippen molar-refractivity contribution in [1.82, 2.24) is 9.97 Å². The summed E-state index contributed by atoms with van der Waals surface area (Å²) in [5.41, 5.74) is -0.936. The van der Waals surface area contributed by atoms with Crippen LogP contribution in [0.1, 0.15) is 44.1 Å². The van der Waals surface area contributed by atoms with Crippen LogP contribution in [0.3, 0.4) is 0 Å². The summed E-state index contributed by atoms with van der Waals surface area (Å²) < 4.78 is 6.70. The zero-order valence-electron chi connectivity index (χ0n) is 18.7. The molecule has 176 valence electrons. The second kappa shape index (κ2) is 9.12. The summed E-state index contributed by atoms with van der Waals surface area (Å²) >= 11 is 1.48. The van der Waals surface area contributed by atoms with Crippen molar-refractivity contribution in [3.8, 4) is 0 Å². The number of nitrogens with zero attached hydrogens (tertiary/aromatic N) is 3. The number of anilines is 1. The Morgan fingerprint density at radius 3 is 2.67 bits per heavy atom. The number of quaternary nitrogens is 1. The van der Waals surface area contributed by atoms with Crippen LogP contribution in [-0.2, 0) is 19.9 Å². The van der Waals surface area contributed by atoms with E-state index < -0.39 is 11.6 Å². The van der Waals surface area contributed by atoms with Crippen LogP contribution < -0.4 is 5.32 Å². The van der Waals surface area contributed by atoms with Gasteiger partial charge in [0.2, 0.25) is 0 Å². The standard InChI is InChI=1S/C24H30N4O4S/c29-22(27-21-13-25-8-9-26-21)15-28-10-5-17(6-11-28)20(14-28)32-23(30)24(31,18-3-1-2-4-18)19-7-12-33-16-19/h7-9,12-13,16-18,20,31H,1-6,10-11,14-15H2/p+1/t17?,20-,24?,28?/m0/s1. The highest BCUT2D eigenvalue weighted by molar-refractivity contribution is 7.08. The first-order valence-electron chi connectivity index (χ1n) is 11.9. The number of nitrogens with one attached hydrogen (secondary N) is 1. The van der Waals surface area contributed by atoms with Gasteiger partial charge in [0.05, 0.1) is 19.3 Å². The second-order valence-electron chi connectivity index (χ2n) is 9.81. The molecule has 1 aliphatic carbocycles. The Balaban J connectivity index is 1.28. The van der Waals surface area contributed by atoms with Gasteiger partial charge < -0.3 is 19.6 Å². The Morgan fingerprint density at radius 2 is 2.00 bits per heavy atom. The molecule has 0 aromatic carbocycles. The molecule has 8 nitrogen and oxygen atoms in total. The number of esters is 1. The number of amides is 1. The van der Waals surface area contributed by atoms with E-state index in [1.807, 2.05) is 16.8 Å². The average molecular weight is 472 g/mol. The second-order valence-corrected chi connectivity index (χ2v) is 10.6. The van der Waals surface area contributed by atoms with Crippen molar-refractivity contribution < 1.29 is 23.9 Å². The summed E-state index contributed by atoms with van der Waals surface area (Å²) in [5.74, 6) is -0.0165. The van der Waals surface area contributed by atoms with E-state index >= 15 is 0 Å². The maximum atomic E-state index is 13.5. The van der Waals surface area contributed by atoms with Crippen LogP contribution >= 0.6 is 11.3 Å². The Kier molecular flexibility index (Phi) is 6.20. The van der Waals surface area contributed by atoms with Crippen molar-refractivity contribution >= 4 is 29.0 Å². The van der Waals surface area contributed by atoms with E-state index in [2.05, 4.69) is 15.3 Å². The van der Waals surface area contributed by atoms with Gasteiger partial charge >= 0.3 is 5.97 Å². The van der Waals surface area contributed by atoms with E-state index in [4.69, 9.17) is 4.74 Å². The van der Waals surface area contributed by atoms with Gasteiger partial charge in [-0.1, -0.05) is 12.8 Å². The number of hydrogen-bond donors (Lipinski definition) is 2. The molecule has 0 radical (unpaired) electrons. The maximum absolute atomic E-state index is 13.5. The Bertz CT molecular complexity index is 972. The van der Waals surface area contributed by atoms with E-state index in [-0.39, 0.29) is 23.8 Å². The summed E-state index contributed by atoms with van der Waals surface area (Å²) in [6.07, 6.45) is 9.89. The average Bonchev–Trinajstić information content (AvgIpc) is 3.54. The summed E-state index contributed by atoms with van der Waals surface area (Å²) in [4.78, 5) is 34.3. The van der Waals surface area contributed by atoms with Gasteiger partial charge in [-0.3, -0.25) is 9.78 Å². The van der Waals surface area contributed by atoms with Crippen molar-refractivity contribution in [2.24, 2.45) is 11.8 Å². The van der Waals surface area contributed by atoms with Gasteiger partial charge in [-0.05, 0) is 29.7 Å². The molecular formula is C24H31N4O4S+.